The summed E-state index contributed by atoms with van der Waals surface area (Å²) in [5, 5.41) is 8.60. The Labute approximate surface area is 192 Å². The zero-order chi connectivity index (χ0) is 23.0. The SMILES string of the molecule is O=C(c1cc(-n2cnnc2)ccc1Cl)N1CCC(F)(F)C(Oc2ccc3ccccc3n2)C1. The Balaban J connectivity index is 1.38. The molecule has 0 saturated carbocycles. The molecule has 2 aromatic heterocycles. The van der Waals surface area contributed by atoms with E-state index in [0.29, 0.717) is 11.2 Å². The van der Waals surface area contributed by atoms with Crippen LogP contribution in [0.5, 0.6) is 5.88 Å². The first-order chi connectivity index (χ1) is 15.9. The number of likely N-dealkylation sites (tertiary alicyclic amines) is 1. The second-order valence-electron chi connectivity index (χ2n) is 7.74. The van der Waals surface area contributed by atoms with Crippen molar-refractivity contribution in [3.63, 3.8) is 0 Å². The average Bonchev–Trinajstić information content (AvgIpc) is 3.35. The fourth-order valence-electron chi connectivity index (χ4n) is 3.78. The molecule has 1 fully saturated rings. The van der Waals surface area contributed by atoms with Crippen LogP contribution >= 0.6 is 11.6 Å². The van der Waals surface area contributed by atoms with Crippen molar-refractivity contribution < 1.29 is 18.3 Å². The number of halogens is 3. The van der Waals surface area contributed by atoms with E-state index in [-0.39, 0.29) is 29.6 Å². The van der Waals surface area contributed by atoms with Gasteiger partial charge >= 0.3 is 0 Å². The number of fused-ring (bicyclic) bond motifs is 1. The number of rotatable bonds is 4. The number of hydrogen-bond acceptors (Lipinski definition) is 5. The highest BCUT2D eigenvalue weighted by Crippen LogP contribution is 2.33. The van der Waals surface area contributed by atoms with Crippen LogP contribution in [0.15, 0.2) is 67.3 Å². The van der Waals surface area contributed by atoms with Crippen molar-refractivity contribution in [3.8, 4) is 11.6 Å². The Hall–Kier alpha value is -3.59. The minimum absolute atomic E-state index is 0.0836. The van der Waals surface area contributed by atoms with Gasteiger partial charge in [-0.1, -0.05) is 29.8 Å². The van der Waals surface area contributed by atoms with Crippen LogP contribution in [0.3, 0.4) is 0 Å². The third-order valence-electron chi connectivity index (χ3n) is 5.59. The minimum atomic E-state index is -3.11. The van der Waals surface area contributed by atoms with Gasteiger partial charge in [0.15, 0.2) is 6.10 Å². The number of ether oxygens (including phenoxy) is 1. The number of alkyl halides is 2. The molecule has 7 nitrogen and oxygen atoms in total. The molecule has 1 atom stereocenters. The molecule has 0 N–H and O–H groups in total. The Morgan fingerprint density at radius 2 is 1.88 bits per heavy atom. The summed E-state index contributed by atoms with van der Waals surface area (Å²) in [7, 11) is 0. The lowest BCUT2D eigenvalue weighted by Gasteiger charge is -2.38. The lowest BCUT2D eigenvalue weighted by atomic mass is 10.0. The summed E-state index contributed by atoms with van der Waals surface area (Å²) in [6, 6.07) is 15.5. The van der Waals surface area contributed by atoms with E-state index in [0.717, 1.165) is 5.39 Å². The molecule has 33 heavy (non-hydrogen) atoms. The van der Waals surface area contributed by atoms with Crippen LogP contribution in [0, 0.1) is 0 Å². The number of amides is 1. The van der Waals surface area contributed by atoms with Crippen LogP contribution in [-0.4, -0.2) is 55.7 Å². The van der Waals surface area contributed by atoms with Gasteiger partial charge in [0.05, 0.1) is 22.6 Å². The first-order valence-corrected chi connectivity index (χ1v) is 10.6. The lowest BCUT2D eigenvalue weighted by molar-refractivity contribution is -0.131. The second-order valence-corrected chi connectivity index (χ2v) is 8.15. The molecule has 3 heterocycles. The summed E-state index contributed by atoms with van der Waals surface area (Å²) < 4.78 is 36.6. The van der Waals surface area contributed by atoms with Crippen molar-refractivity contribution in [3.05, 3.63) is 77.8 Å². The number of carbonyl (C=O) groups excluding carboxylic acids is 1. The molecule has 1 aliphatic heterocycles. The van der Waals surface area contributed by atoms with Gasteiger partial charge in [0.1, 0.15) is 12.7 Å². The lowest BCUT2D eigenvalue weighted by Crippen LogP contribution is -2.55. The molecule has 0 bridgehead atoms. The molecule has 10 heteroatoms. The summed E-state index contributed by atoms with van der Waals surface area (Å²) in [5.41, 5.74) is 1.47. The Bertz CT molecular complexity index is 1320. The molecule has 0 radical (unpaired) electrons. The van der Waals surface area contributed by atoms with E-state index < -0.39 is 24.4 Å². The van der Waals surface area contributed by atoms with Gasteiger partial charge in [0.25, 0.3) is 11.8 Å². The first-order valence-electron chi connectivity index (χ1n) is 10.2. The van der Waals surface area contributed by atoms with Gasteiger partial charge in [-0.3, -0.25) is 9.36 Å². The van der Waals surface area contributed by atoms with Crippen LogP contribution in [0.2, 0.25) is 5.02 Å². The average molecular weight is 470 g/mol. The van der Waals surface area contributed by atoms with Crippen molar-refractivity contribution in [2.24, 2.45) is 0 Å². The maximum Gasteiger partial charge on any atom is 0.287 e. The third kappa shape index (κ3) is 4.23. The van der Waals surface area contributed by atoms with Crippen LogP contribution in [0.4, 0.5) is 8.78 Å². The Morgan fingerprint density at radius 1 is 1.09 bits per heavy atom. The zero-order valence-corrected chi connectivity index (χ0v) is 18.0. The Morgan fingerprint density at radius 3 is 2.70 bits per heavy atom. The molecule has 1 unspecified atom stereocenters. The molecule has 5 rings (SSSR count). The number of pyridine rings is 1. The number of para-hydroxylation sites is 1. The first kappa shape index (κ1) is 21.3. The molecule has 0 aliphatic carbocycles. The minimum Gasteiger partial charge on any atom is -0.466 e. The van der Waals surface area contributed by atoms with Crippen molar-refractivity contribution >= 4 is 28.4 Å². The van der Waals surface area contributed by atoms with Crippen LogP contribution in [0.1, 0.15) is 16.8 Å². The summed E-state index contributed by atoms with van der Waals surface area (Å²) >= 11 is 6.27. The van der Waals surface area contributed by atoms with Gasteiger partial charge in [-0.05, 0) is 30.3 Å². The molecule has 1 amide bonds. The maximum absolute atomic E-state index is 14.7. The van der Waals surface area contributed by atoms with Crippen LogP contribution in [-0.2, 0) is 0 Å². The molecule has 1 saturated heterocycles. The molecule has 1 aliphatic rings. The highest BCUT2D eigenvalue weighted by Gasteiger charge is 2.47. The maximum atomic E-state index is 14.7. The van der Waals surface area contributed by atoms with Gasteiger partial charge in [-0.2, -0.15) is 0 Å². The van der Waals surface area contributed by atoms with Gasteiger partial charge in [0, 0.05) is 30.1 Å². The van der Waals surface area contributed by atoms with E-state index in [9.17, 15) is 13.6 Å². The third-order valence-corrected chi connectivity index (χ3v) is 5.92. The number of piperidine rings is 1. The summed E-state index contributed by atoms with van der Waals surface area (Å²) in [4.78, 5) is 18.9. The number of carbonyl (C=O) groups is 1. The molecular formula is C23H18ClF2N5O2. The number of hydrogen-bond donors (Lipinski definition) is 0. The van der Waals surface area contributed by atoms with Crippen molar-refractivity contribution in [2.75, 3.05) is 13.1 Å². The highest BCUT2D eigenvalue weighted by molar-refractivity contribution is 6.33. The largest absolute Gasteiger partial charge is 0.466 e. The van der Waals surface area contributed by atoms with Crippen molar-refractivity contribution in [1.82, 2.24) is 24.6 Å². The second kappa shape index (κ2) is 8.40. The van der Waals surface area contributed by atoms with Gasteiger partial charge in [-0.25, -0.2) is 13.8 Å². The summed E-state index contributed by atoms with van der Waals surface area (Å²) in [6.07, 6.45) is 0.905. The fraction of sp³-hybridized carbons (Fsp3) is 0.217. The fourth-order valence-corrected chi connectivity index (χ4v) is 3.98. The molecule has 2 aromatic carbocycles. The smallest absolute Gasteiger partial charge is 0.287 e. The predicted octanol–water partition coefficient (Wildman–Crippen LogP) is 4.40. The number of aromatic nitrogens is 4. The normalized spacial score (nSPS) is 17.8. The molecular weight excluding hydrogens is 452 g/mol. The molecule has 168 valence electrons. The standard InChI is InChI=1S/C23H18ClF2N5O2/c24-18-7-6-16(31-13-27-28-14-31)11-17(18)22(32)30-10-9-23(25,26)20(12-30)33-21-8-5-15-3-1-2-4-19(15)29-21/h1-8,11,13-14,20H,9-10,12H2. The van der Waals surface area contributed by atoms with E-state index in [1.54, 1.807) is 41.0 Å². The van der Waals surface area contributed by atoms with E-state index >= 15 is 0 Å². The quantitative estimate of drug-likeness (QED) is 0.443. The van der Waals surface area contributed by atoms with Gasteiger partial charge < -0.3 is 9.64 Å². The van der Waals surface area contributed by atoms with E-state index in [2.05, 4.69) is 15.2 Å². The van der Waals surface area contributed by atoms with Gasteiger partial charge in [0.2, 0.25) is 5.88 Å². The monoisotopic (exact) mass is 469 g/mol. The molecule has 0 spiro atoms. The summed E-state index contributed by atoms with van der Waals surface area (Å²) in [6.45, 7) is -0.419. The molecule has 4 aromatic rings. The van der Waals surface area contributed by atoms with Crippen molar-refractivity contribution in [2.45, 2.75) is 18.4 Å². The van der Waals surface area contributed by atoms with E-state index in [4.69, 9.17) is 16.3 Å². The predicted molar refractivity (Wildman–Crippen MR) is 118 cm³/mol. The van der Waals surface area contributed by atoms with E-state index in [1.807, 2.05) is 18.2 Å². The van der Waals surface area contributed by atoms with Crippen LogP contribution < -0.4 is 4.74 Å². The zero-order valence-electron chi connectivity index (χ0n) is 17.2. The van der Waals surface area contributed by atoms with Gasteiger partial charge in [-0.15, -0.1) is 10.2 Å². The van der Waals surface area contributed by atoms with E-state index in [1.165, 1.54) is 17.6 Å². The van der Waals surface area contributed by atoms with Crippen LogP contribution in [0.25, 0.3) is 16.6 Å². The summed E-state index contributed by atoms with van der Waals surface area (Å²) in [5.74, 6) is -3.48. The van der Waals surface area contributed by atoms with Crippen molar-refractivity contribution in [1.29, 1.82) is 0 Å². The highest BCUT2D eigenvalue weighted by atomic mass is 35.5. The number of nitrogens with zero attached hydrogens (tertiary/aromatic N) is 5. The number of benzene rings is 2. The topological polar surface area (TPSA) is 73.1 Å². The Kier molecular flexibility index (Phi) is 5.41.